The Balaban J connectivity index is 2.02. The second-order valence-electron chi connectivity index (χ2n) is 7.01. The number of nitrogens with zero attached hydrogens (tertiary/aromatic N) is 4. The van der Waals surface area contributed by atoms with E-state index >= 15 is 0 Å². The van der Waals surface area contributed by atoms with E-state index in [2.05, 4.69) is 83.3 Å². The molecule has 0 aliphatic rings. The monoisotopic (exact) mass is 336 g/mol. The van der Waals surface area contributed by atoms with E-state index in [0.29, 0.717) is 0 Å². The molecule has 0 atom stereocenters. The van der Waals surface area contributed by atoms with Crippen molar-refractivity contribution in [3.8, 4) is 0 Å². The predicted molar refractivity (Wildman–Crippen MR) is 106 cm³/mol. The largest absolute Gasteiger partial charge is 0.288 e. The minimum absolute atomic E-state index is 0.901. The summed E-state index contributed by atoms with van der Waals surface area (Å²) in [5.74, 6) is 0. The topological polar surface area (TPSA) is 34.6 Å². The van der Waals surface area contributed by atoms with Crippen LogP contribution in [0.2, 0.25) is 0 Å². The van der Waals surface area contributed by atoms with Crippen molar-refractivity contribution in [2.75, 3.05) is 0 Å². The third kappa shape index (κ3) is 1.63. The van der Waals surface area contributed by atoms with Gasteiger partial charge in [-0.3, -0.25) is 8.80 Å². The summed E-state index contributed by atoms with van der Waals surface area (Å²) in [5, 5.41) is 0. The van der Waals surface area contributed by atoms with E-state index in [1.807, 2.05) is 0 Å². The molecule has 0 aliphatic carbocycles. The first-order chi connectivity index (χ1) is 12.7. The minimum atomic E-state index is 0.901. The number of para-hydroxylation sites is 2. The third-order valence-electron chi connectivity index (χ3n) is 5.18. The van der Waals surface area contributed by atoms with E-state index in [4.69, 9.17) is 9.97 Å². The first kappa shape index (κ1) is 13.8. The Morgan fingerprint density at radius 1 is 0.577 bits per heavy atom. The van der Waals surface area contributed by atoms with Crippen LogP contribution < -0.4 is 0 Å². The molecule has 0 amide bonds. The fourth-order valence-electron chi connectivity index (χ4n) is 4.00. The van der Waals surface area contributed by atoms with Crippen molar-refractivity contribution in [3.63, 3.8) is 0 Å². The van der Waals surface area contributed by atoms with Gasteiger partial charge in [0.2, 0.25) is 0 Å². The fraction of sp³-hybridized carbons (Fsp3) is 0.0909. The normalized spacial score (nSPS) is 12.2. The molecule has 3 aromatic carbocycles. The molecule has 124 valence electrons. The highest BCUT2D eigenvalue weighted by molar-refractivity contribution is 5.99. The fourth-order valence-corrected chi connectivity index (χ4v) is 4.00. The lowest BCUT2D eigenvalue weighted by atomic mass is 10.2. The van der Waals surface area contributed by atoms with E-state index in [1.165, 1.54) is 11.1 Å². The molecule has 4 heteroatoms. The molecular weight excluding hydrogens is 320 g/mol. The molecule has 0 saturated carbocycles. The highest BCUT2D eigenvalue weighted by Crippen LogP contribution is 2.30. The summed E-state index contributed by atoms with van der Waals surface area (Å²) in [7, 11) is 0. The number of hydrogen-bond acceptors (Lipinski definition) is 2. The molecule has 3 heterocycles. The molecule has 26 heavy (non-hydrogen) atoms. The number of imidazole rings is 2. The van der Waals surface area contributed by atoms with Gasteiger partial charge in [-0.15, -0.1) is 0 Å². The lowest BCUT2D eigenvalue weighted by molar-refractivity contribution is 1.21. The SMILES string of the molecule is Cc1ccc2nc3c4nc5ccc(C)cc5n4c4ccccc4n3c2c1. The maximum Gasteiger partial charge on any atom is 0.182 e. The standard InChI is InChI=1S/C22H16N4/c1-13-7-9-15-19(11-13)25-17-5-3-4-6-18(17)26-20-12-14(2)8-10-16(20)24-22(26)21(25)23-15/h3-12H,1-2H3. The van der Waals surface area contributed by atoms with Crippen LogP contribution in [0.25, 0.3) is 44.4 Å². The average Bonchev–Trinajstić information content (AvgIpc) is 3.20. The van der Waals surface area contributed by atoms with Crippen molar-refractivity contribution >= 4 is 44.4 Å². The molecule has 0 bridgehead atoms. The summed E-state index contributed by atoms with van der Waals surface area (Å²) < 4.78 is 4.48. The van der Waals surface area contributed by atoms with E-state index in [1.54, 1.807) is 0 Å². The molecule has 0 spiro atoms. The van der Waals surface area contributed by atoms with Gasteiger partial charge in [0.05, 0.1) is 33.1 Å². The number of aromatic nitrogens is 4. The number of benzene rings is 3. The van der Waals surface area contributed by atoms with Gasteiger partial charge >= 0.3 is 0 Å². The van der Waals surface area contributed by atoms with Gasteiger partial charge in [-0.05, 0) is 61.4 Å². The van der Waals surface area contributed by atoms with Crippen molar-refractivity contribution in [2.45, 2.75) is 13.8 Å². The maximum absolute atomic E-state index is 4.93. The highest BCUT2D eigenvalue weighted by Gasteiger charge is 2.17. The number of rotatable bonds is 0. The molecule has 6 rings (SSSR count). The Morgan fingerprint density at radius 3 is 1.50 bits per heavy atom. The molecule has 4 nitrogen and oxygen atoms in total. The van der Waals surface area contributed by atoms with Crippen molar-refractivity contribution in [3.05, 3.63) is 71.8 Å². The molecule has 0 N–H and O–H groups in total. The molecule has 0 fully saturated rings. The minimum Gasteiger partial charge on any atom is -0.288 e. The Labute approximate surface area is 149 Å². The van der Waals surface area contributed by atoms with E-state index < -0.39 is 0 Å². The summed E-state index contributed by atoms with van der Waals surface area (Å²) in [6.07, 6.45) is 0. The van der Waals surface area contributed by atoms with Crippen LogP contribution in [0.3, 0.4) is 0 Å². The molecule has 0 aliphatic heterocycles. The molecule has 0 saturated heterocycles. The molecular formula is C22H16N4. The zero-order chi connectivity index (χ0) is 17.4. The Kier molecular flexibility index (Phi) is 2.45. The zero-order valence-electron chi connectivity index (χ0n) is 14.6. The number of aryl methyl sites for hydroxylation is 2. The van der Waals surface area contributed by atoms with Gasteiger partial charge < -0.3 is 0 Å². The smallest absolute Gasteiger partial charge is 0.182 e. The molecule has 0 unspecified atom stereocenters. The van der Waals surface area contributed by atoms with Crippen molar-refractivity contribution in [1.29, 1.82) is 0 Å². The zero-order valence-corrected chi connectivity index (χ0v) is 14.6. The lowest BCUT2D eigenvalue weighted by Gasteiger charge is -2.08. The summed E-state index contributed by atoms with van der Waals surface area (Å²) in [5.41, 5.74) is 10.8. The van der Waals surface area contributed by atoms with Crippen LogP contribution in [-0.2, 0) is 0 Å². The van der Waals surface area contributed by atoms with Crippen LogP contribution in [0, 0.1) is 13.8 Å². The number of hydrogen-bond donors (Lipinski definition) is 0. The summed E-state index contributed by atoms with van der Waals surface area (Å²) in [6.45, 7) is 4.23. The molecule has 3 aromatic heterocycles. The van der Waals surface area contributed by atoms with Crippen molar-refractivity contribution in [1.82, 2.24) is 18.8 Å². The van der Waals surface area contributed by atoms with E-state index in [9.17, 15) is 0 Å². The first-order valence-electron chi connectivity index (χ1n) is 8.79. The Morgan fingerprint density at radius 2 is 1.04 bits per heavy atom. The van der Waals surface area contributed by atoms with E-state index in [-0.39, 0.29) is 0 Å². The van der Waals surface area contributed by atoms with Crippen LogP contribution in [0.15, 0.2) is 60.7 Å². The van der Waals surface area contributed by atoms with Crippen LogP contribution in [0.5, 0.6) is 0 Å². The van der Waals surface area contributed by atoms with Crippen LogP contribution in [0.4, 0.5) is 0 Å². The number of fused-ring (bicyclic) bond motifs is 10. The van der Waals surface area contributed by atoms with Gasteiger partial charge in [0.1, 0.15) is 0 Å². The first-order valence-corrected chi connectivity index (χ1v) is 8.79. The third-order valence-corrected chi connectivity index (χ3v) is 5.18. The average molecular weight is 336 g/mol. The lowest BCUT2D eigenvalue weighted by Crippen LogP contribution is -1.97. The summed E-state index contributed by atoms with van der Waals surface area (Å²) in [4.78, 5) is 9.86. The van der Waals surface area contributed by atoms with Crippen molar-refractivity contribution in [2.24, 2.45) is 0 Å². The highest BCUT2D eigenvalue weighted by atomic mass is 15.1. The Hall–Kier alpha value is -3.40. The quantitative estimate of drug-likeness (QED) is 0.389. The Bertz CT molecular complexity index is 1390. The van der Waals surface area contributed by atoms with E-state index in [0.717, 1.165) is 44.4 Å². The van der Waals surface area contributed by atoms with Crippen LogP contribution in [-0.4, -0.2) is 18.8 Å². The maximum atomic E-state index is 4.93. The van der Waals surface area contributed by atoms with Gasteiger partial charge in [-0.25, -0.2) is 9.97 Å². The predicted octanol–water partition coefficient (Wildman–Crippen LogP) is 5.06. The van der Waals surface area contributed by atoms with Crippen molar-refractivity contribution < 1.29 is 0 Å². The van der Waals surface area contributed by atoms with Gasteiger partial charge in [0.25, 0.3) is 0 Å². The second kappa shape index (κ2) is 4.61. The molecule has 6 aromatic rings. The van der Waals surface area contributed by atoms with Crippen LogP contribution >= 0.6 is 0 Å². The van der Waals surface area contributed by atoms with Gasteiger partial charge in [0.15, 0.2) is 11.3 Å². The summed E-state index contributed by atoms with van der Waals surface area (Å²) in [6, 6.07) is 21.3. The summed E-state index contributed by atoms with van der Waals surface area (Å²) >= 11 is 0. The van der Waals surface area contributed by atoms with Gasteiger partial charge in [-0.2, -0.15) is 0 Å². The van der Waals surface area contributed by atoms with Gasteiger partial charge in [-0.1, -0.05) is 24.3 Å². The molecule has 0 radical (unpaired) electrons. The van der Waals surface area contributed by atoms with Crippen LogP contribution in [0.1, 0.15) is 11.1 Å². The van der Waals surface area contributed by atoms with Gasteiger partial charge in [0, 0.05) is 0 Å². The second-order valence-corrected chi connectivity index (χ2v) is 7.01.